The fraction of sp³-hybridized carbons (Fsp3) is 0.588. The summed E-state index contributed by atoms with van der Waals surface area (Å²) in [5, 5.41) is 23.1. The summed E-state index contributed by atoms with van der Waals surface area (Å²) >= 11 is 0. The third-order valence-corrected chi connectivity index (χ3v) is 4.43. The topological polar surface area (TPSA) is 95.7 Å². The van der Waals surface area contributed by atoms with Gasteiger partial charge in [-0.05, 0) is 51.3 Å². The van der Waals surface area contributed by atoms with Crippen molar-refractivity contribution in [2.45, 2.75) is 51.7 Å². The molecule has 0 radical (unpaired) electrons. The van der Waals surface area contributed by atoms with E-state index in [2.05, 4.69) is 10.2 Å². The van der Waals surface area contributed by atoms with Crippen molar-refractivity contribution in [3.05, 3.63) is 33.9 Å². The van der Waals surface area contributed by atoms with Crippen molar-refractivity contribution in [2.24, 2.45) is 0 Å². The van der Waals surface area contributed by atoms with E-state index in [0.29, 0.717) is 30.3 Å². The summed E-state index contributed by atoms with van der Waals surface area (Å²) in [5.41, 5.74) is 1.29. The van der Waals surface area contributed by atoms with Gasteiger partial charge < -0.3 is 10.4 Å². The molecule has 0 saturated carbocycles. The number of anilines is 1. The molecule has 0 bridgehead atoms. The fourth-order valence-corrected chi connectivity index (χ4v) is 3.21. The Balaban J connectivity index is 1.86. The third kappa shape index (κ3) is 5.01. The molecular formula is C17H25N3O4. The predicted molar refractivity (Wildman–Crippen MR) is 92.0 cm³/mol. The molecule has 0 aliphatic carbocycles. The molecule has 2 N–H and O–H groups in total. The summed E-state index contributed by atoms with van der Waals surface area (Å²) in [5.74, 6) is -0.102. The molecule has 2 unspecified atom stereocenters. The number of hydrogen-bond acceptors (Lipinski definition) is 5. The minimum absolute atomic E-state index is 0.0172. The van der Waals surface area contributed by atoms with Crippen LogP contribution in [0.15, 0.2) is 18.2 Å². The molecule has 1 aromatic carbocycles. The minimum Gasteiger partial charge on any atom is -0.393 e. The summed E-state index contributed by atoms with van der Waals surface area (Å²) in [7, 11) is 0. The van der Waals surface area contributed by atoms with Crippen molar-refractivity contribution < 1.29 is 14.8 Å². The lowest BCUT2D eigenvalue weighted by molar-refractivity contribution is -0.384. The number of benzene rings is 1. The van der Waals surface area contributed by atoms with Crippen LogP contribution < -0.4 is 5.32 Å². The number of non-ortho nitro benzene ring substituents is 1. The number of amides is 1. The van der Waals surface area contributed by atoms with Crippen LogP contribution >= 0.6 is 0 Å². The van der Waals surface area contributed by atoms with Crippen LogP contribution in [0.4, 0.5) is 11.4 Å². The SMILES string of the molecule is Cc1cc([N+](=O)[O-])ccc1NC(=O)CCN1CCCC1CC(C)O. The van der Waals surface area contributed by atoms with Crippen LogP contribution in [0.1, 0.15) is 38.2 Å². The van der Waals surface area contributed by atoms with Crippen molar-refractivity contribution in [1.82, 2.24) is 4.90 Å². The first-order chi connectivity index (χ1) is 11.4. The zero-order valence-electron chi connectivity index (χ0n) is 14.2. The highest BCUT2D eigenvalue weighted by Gasteiger charge is 2.25. The Hall–Kier alpha value is -1.99. The van der Waals surface area contributed by atoms with Crippen LogP contribution in [0.25, 0.3) is 0 Å². The highest BCUT2D eigenvalue weighted by molar-refractivity contribution is 5.91. The number of hydrogen-bond donors (Lipinski definition) is 2. The molecule has 1 aliphatic heterocycles. The van der Waals surface area contributed by atoms with Gasteiger partial charge in [-0.1, -0.05) is 0 Å². The first-order valence-corrected chi connectivity index (χ1v) is 8.34. The monoisotopic (exact) mass is 335 g/mol. The van der Waals surface area contributed by atoms with E-state index in [-0.39, 0.29) is 17.7 Å². The Bertz CT molecular complexity index is 603. The van der Waals surface area contributed by atoms with Gasteiger partial charge in [0.1, 0.15) is 0 Å². The van der Waals surface area contributed by atoms with Gasteiger partial charge in [-0.3, -0.25) is 19.8 Å². The standard InChI is InChI=1S/C17H25N3O4/c1-12-10-15(20(23)24)5-6-16(12)18-17(22)7-9-19-8-3-4-14(19)11-13(2)21/h5-6,10,13-14,21H,3-4,7-9,11H2,1-2H3,(H,18,22). The fourth-order valence-electron chi connectivity index (χ4n) is 3.21. The van der Waals surface area contributed by atoms with Crippen LogP contribution in [-0.4, -0.2) is 46.1 Å². The van der Waals surface area contributed by atoms with Crippen LogP contribution in [-0.2, 0) is 4.79 Å². The number of aliphatic hydroxyl groups excluding tert-OH is 1. The lowest BCUT2D eigenvalue weighted by Crippen LogP contribution is -2.34. The summed E-state index contributed by atoms with van der Waals surface area (Å²) in [6, 6.07) is 4.76. The average Bonchev–Trinajstić information content (AvgIpc) is 2.93. The number of carbonyl (C=O) groups excluding carboxylic acids is 1. The lowest BCUT2D eigenvalue weighted by Gasteiger charge is -2.25. The van der Waals surface area contributed by atoms with Crippen molar-refractivity contribution in [3.8, 4) is 0 Å². The van der Waals surface area contributed by atoms with Crippen LogP contribution in [0.5, 0.6) is 0 Å². The highest BCUT2D eigenvalue weighted by atomic mass is 16.6. The van der Waals surface area contributed by atoms with Crippen molar-refractivity contribution in [3.63, 3.8) is 0 Å². The molecule has 0 aromatic heterocycles. The zero-order chi connectivity index (χ0) is 17.7. The molecule has 1 aromatic rings. The Morgan fingerprint density at radius 1 is 1.54 bits per heavy atom. The molecule has 2 atom stereocenters. The first-order valence-electron chi connectivity index (χ1n) is 8.34. The summed E-state index contributed by atoms with van der Waals surface area (Å²) < 4.78 is 0. The van der Waals surface area contributed by atoms with E-state index < -0.39 is 4.92 Å². The highest BCUT2D eigenvalue weighted by Crippen LogP contribution is 2.23. The average molecular weight is 335 g/mol. The normalized spacial score (nSPS) is 19.2. The van der Waals surface area contributed by atoms with E-state index in [1.54, 1.807) is 19.9 Å². The Labute approximate surface area is 141 Å². The molecule has 1 amide bonds. The second-order valence-corrected chi connectivity index (χ2v) is 6.47. The van der Waals surface area contributed by atoms with E-state index >= 15 is 0 Å². The molecule has 132 valence electrons. The van der Waals surface area contributed by atoms with Gasteiger partial charge >= 0.3 is 0 Å². The van der Waals surface area contributed by atoms with Crippen LogP contribution in [0.2, 0.25) is 0 Å². The van der Waals surface area contributed by atoms with E-state index in [9.17, 15) is 20.0 Å². The molecule has 7 heteroatoms. The van der Waals surface area contributed by atoms with E-state index in [0.717, 1.165) is 25.8 Å². The summed E-state index contributed by atoms with van der Waals surface area (Å²) in [6.07, 6.45) is 2.94. The molecule has 1 fully saturated rings. The molecule has 1 saturated heterocycles. The lowest BCUT2D eigenvalue weighted by atomic mass is 10.1. The molecule has 24 heavy (non-hydrogen) atoms. The quantitative estimate of drug-likeness (QED) is 0.589. The number of aliphatic hydroxyl groups is 1. The Morgan fingerprint density at radius 3 is 2.92 bits per heavy atom. The maximum absolute atomic E-state index is 12.1. The third-order valence-electron chi connectivity index (χ3n) is 4.43. The van der Waals surface area contributed by atoms with Crippen molar-refractivity contribution in [1.29, 1.82) is 0 Å². The van der Waals surface area contributed by atoms with Crippen molar-refractivity contribution >= 4 is 17.3 Å². The van der Waals surface area contributed by atoms with E-state index in [1.165, 1.54) is 12.1 Å². The molecule has 1 aliphatic rings. The van der Waals surface area contributed by atoms with Gasteiger partial charge in [0, 0.05) is 36.8 Å². The number of nitrogens with one attached hydrogen (secondary N) is 1. The maximum atomic E-state index is 12.1. The van der Waals surface area contributed by atoms with Crippen molar-refractivity contribution in [2.75, 3.05) is 18.4 Å². The van der Waals surface area contributed by atoms with Gasteiger partial charge in [-0.25, -0.2) is 0 Å². The number of nitrogens with zero attached hydrogens (tertiary/aromatic N) is 2. The molecule has 1 heterocycles. The Morgan fingerprint density at radius 2 is 2.29 bits per heavy atom. The molecular weight excluding hydrogens is 310 g/mol. The minimum atomic E-state index is -0.450. The largest absolute Gasteiger partial charge is 0.393 e. The molecule has 2 rings (SSSR count). The number of rotatable bonds is 7. The number of likely N-dealkylation sites (tertiary alicyclic amines) is 1. The summed E-state index contributed by atoms with van der Waals surface area (Å²) in [6.45, 7) is 5.15. The number of nitro groups is 1. The van der Waals surface area contributed by atoms with Gasteiger partial charge in [-0.15, -0.1) is 0 Å². The second kappa shape index (κ2) is 8.21. The smallest absolute Gasteiger partial charge is 0.269 e. The van der Waals surface area contributed by atoms with Gasteiger partial charge in [0.05, 0.1) is 11.0 Å². The van der Waals surface area contributed by atoms with E-state index in [4.69, 9.17) is 0 Å². The van der Waals surface area contributed by atoms with E-state index in [1.807, 2.05) is 0 Å². The van der Waals surface area contributed by atoms with Crippen LogP contribution in [0.3, 0.4) is 0 Å². The Kier molecular flexibility index (Phi) is 6.28. The van der Waals surface area contributed by atoms with Gasteiger partial charge in [0.15, 0.2) is 0 Å². The maximum Gasteiger partial charge on any atom is 0.269 e. The first kappa shape index (κ1) is 18.4. The van der Waals surface area contributed by atoms with Gasteiger partial charge in [0.25, 0.3) is 5.69 Å². The predicted octanol–water partition coefficient (Wildman–Crippen LogP) is 2.47. The second-order valence-electron chi connectivity index (χ2n) is 6.47. The van der Waals surface area contributed by atoms with Gasteiger partial charge in [0.2, 0.25) is 5.91 Å². The molecule has 0 spiro atoms. The summed E-state index contributed by atoms with van der Waals surface area (Å²) in [4.78, 5) is 24.7. The molecule has 7 nitrogen and oxygen atoms in total. The number of aryl methyl sites for hydroxylation is 1. The number of carbonyl (C=O) groups is 1. The van der Waals surface area contributed by atoms with Gasteiger partial charge in [-0.2, -0.15) is 0 Å². The number of nitro benzene ring substituents is 1. The van der Waals surface area contributed by atoms with Crippen LogP contribution in [0, 0.1) is 17.0 Å². The zero-order valence-corrected chi connectivity index (χ0v) is 14.2.